The van der Waals surface area contributed by atoms with Gasteiger partial charge in [0.25, 0.3) is 10.0 Å². The average Bonchev–Trinajstić information content (AvgIpc) is 3.23. The van der Waals surface area contributed by atoms with Gasteiger partial charge in [0.2, 0.25) is 5.88 Å². The highest BCUT2D eigenvalue weighted by molar-refractivity contribution is 7.90. The molecule has 25 heavy (non-hydrogen) atoms. The molecule has 2 amide bonds. The Balaban J connectivity index is 1.50. The van der Waals surface area contributed by atoms with Gasteiger partial charge >= 0.3 is 6.03 Å². The van der Waals surface area contributed by atoms with E-state index in [0.29, 0.717) is 13.2 Å². The molecule has 9 heteroatoms. The molecule has 0 bridgehead atoms. The van der Waals surface area contributed by atoms with Crippen molar-refractivity contribution in [1.82, 2.24) is 19.8 Å². The minimum absolute atomic E-state index is 0.119. The molecular weight excluding hydrogens is 344 g/mol. The number of benzene rings is 1. The van der Waals surface area contributed by atoms with Gasteiger partial charge in [-0.05, 0) is 18.4 Å². The Hall–Kier alpha value is -2.55. The summed E-state index contributed by atoms with van der Waals surface area (Å²) in [4.78, 5) is 12.2. The fraction of sp³-hybridized carbons (Fsp3) is 0.375. The SMILES string of the molecule is O=C(NC1(c2ccccc2)CC1)NS(=O)(=O)c1cnn2c1OCCC2. The molecule has 4 rings (SSSR count). The summed E-state index contributed by atoms with van der Waals surface area (Å²) in [6, 6.07) is 8.77. The van der Waals surface area contributed by atoms with Gasteiger partial charge in [0.05, 0.1) is 18.3 Å². The van der Waals surface area contributed by atoms with Crippen LogP contribution in [0.3, 0.4) is 0 Å². The number of carbonyl (C=O) groups excluding carboxylic acids is 1. The molecule has 1 aromatic carbocycles. The van der Waals surface area contributed by atoms with Crippen molar-refractivity contribution in [3.05, 3.63) is 42.1 Å². The molecule has 2 aliphatic rings. The van der Waals surface area contributed by atoms with Crippen molar-refractivity contribution in [3.63, 3.8) is 0 Å². The first-order valence-corrected chi connectivity index (χ1v) is 9.58. The molecular formula is C16H18N4O4S. The van der Waals surface area contributed by atoms with Gasteiger partial charge in [-0.15, -0.1) is 0 Å². The zero-order chi connectivity index (χ0) is 17.5. The third-order valence-corrected chi connectivity index (χ3v) is 5.77. The summed E-state index contributed by atoms with van der Waals surface area (Å²) >= 11 is 0. The van der Waals surface area contributed by atoms with E-state index < -0.39 is 21.6 Å². The molecule has 2 aromatic rings. The van der Waals surface area contributed by atoms with Crippen molar-refractivity contribution >= 4 is 16.1 Å². The monoisotopic (exact) mass is 362 g/mol. The van der Waals surface area contributed by atoms with Crippen LogP contribution in [0.5, 0.6) is 5.88 Å². The van der Waals surface area contributed by atoms with Crippen molar-refractivity contribution in [2.24, 2.45) is 0 Å². The second-order valence-electron chi connectivity index (χ2n) is 6.25. The molecule has 0 atom stereocenters. The van der Waals surface area contributed by atoms with Gasteiger partial charge in [0.1, 0.15) is 0 Å². The zero-order valence-corrected chi connectivity index (χ0v) is 14.3. The number of urea groups is 1. The highest BCUT2D eigenvalue weighted by Crippen LogP contribution is 2.45. The molecule has 1 fully saturated rings. The predicted molar refractivity (Wildman–Crippen MR) is 88.5 cm³/mol. The molecule has 0 unspecified atom stereocenters. The number of aromatic nitrogens is 2. The highest BCUT2D eigenvalue weighted by atomic mass is 32.2. The summed E-state index contributed by atoms with van der Waals surface area (Å²) in [5.74, 6) is 0.177. The van der Waals surface area contributed by atoms with Gasteiger partial charge in [0.15, 0.2) is 4.90 Å². The topological polar surface area (TPSA) is 102 Å². The molecule has 1 aliphatic heterocycles. The standard InChI is InChI=1S/C16H18N4O4S/c21-15(18-16(7-8-16)12-5-2-1-3-6-12)19-25(22,23)13-11-17-20-9-4-10-24-14(13)20/h1-3,5-6,11H,4,7-10H2,(H2,18,19,21). The summed E-state index contributed by atoms with van der Waals surface area (Å²) in [6.07, 6.45) is 3.52. The molecule has 0 saturated heterocycles. The van der Waals surface area contributed by atoms with E-state index in [0.717, 1.165) is 24.8 Å². The maximum Gasteiger partial charge on any atom is 0.329 e. The number of carbonyl (C=O) groups is 1. The molecule has 8 nitrogen and oxygen atoms in total. The van der Waals surface area contributed by atoms with Gasteiger partial charge in [-0.3, -0.25) is 0 Å². The lowest BCUT2D eigenvalue weighted by Crippen LogP contribution is -2.44. The van der Waals surface area contributed by atoms with Crippen molar-refractivity contribution in [3.8, 4) is 5.88 Å². The third-order valence-electron chi connectivity index (χ3n) is 4.46. The number of sulfonamides is 1. The summed E-state index contributed by atoms with van der Waals surface area (Å²) < 4.78 is 34.0. The van der Waals surface area contributed by atoms with Gasteiger partial charge in [-0.1, -0.05) is 30.3 Å². The van der Waals surface area contributed by atoms with E-state index in [4.69, 9.17) is 4.74 Å². The Bertz CT molecular complexity index is 903. The van der Waals surface area contributed by atoms with Gasteiger partial charge < -0.3 is 10.1 Å². The number of ether oxygens (including phenoxy) is 1. The summed E-state index contributed by atoms with van der Waals surface area (Å²) in [7, 11) is -4.05. The summed E-state index contributed by atoms with van der Waals surface area (Å²) in [5.41, 5.74) is 0.476. The van der Waals surface area contributed by atoms with Crippen LogP contribution in [0.2, 0.25) is 0 Å². The first kappa shape index (κ1) is 15.9. The predicted octanol–water partition coefficient (Wildman–Crippen LogP) is 1.34. The number of amides is 2. The van der Waals surface area contributed by atoms with Crippen LogP contribution >= 0.6 is 0 Å². The Morgan fingerprint density at radius 1 is 1.24 bits per heavy atom. The van der Waals surface area contributed by atoms with E-state index in [1.807, 2.05) is 30.3 Å². The smallest absolute Gasteiger partial charge is 0.329 e. The van der Waals surface area contributed by atoms with Gasteiger partial charge in [-0.25, -0.2) is 22.6 Å². The number of nitrogens with one attached hydrogen (secondary N) is 2. The normalized spacial score (nSPS) is 17.9. The average molecular weight is 362 g/mol. The third kappa shape index (κ3) is 2.95. The minimum Gasteiger partial charge on any atom is -0.477 e. The van der Waals surface area contributed by atoms with Gasteiger partial charge in [-0.2, -0.15) is 5.10 Å². The summed E-state index contributed by atoms with van der Waals surface area (Å²) in [6.45, 7) is 1.02. The zero-order valence-electron chi connectivity index (χ0n) is 13.4. The van der Waals surface area contributed by atoms with Crippen LogP contribution in [0.4, 0.5) is 4.79 Å². The Morgan fingerprint density at radius 3 is 2.72 bits per heavy atom. The Kier molecular flexibility index (Phi) is 3.68. The van der Waals surface area contributed by atoms with Crippen LogP contribution in [-0.2, 0) is 22.1 Å². The minimum atomic E-state index is -4.05. The first-order chi connectivity index (χ1) is 12.0. The fourth-order valence-corrected chi connectivity index (χ4v) is 4.00. The Morgan fingerprint density at radius 2 is 2.00 bits per heavy atom. The van der Waals surface area contributed by atoms with Crippen LogP contribution < -0.4 is 14.8 Å². The molecule has 1 saturated carbocycles. The lowest BCUT2D eigenvalue weighted by molar-refractivity contribution is 0.224. The van der Waals surface area contributed by atoms with Gasteiger partial charge in [0, 0.05) is 13.0 Å². The lowest BCUT2D eigenvalue weighted by atomic mass is 10.1. The second-order valence-corrected chi connectivity index (χ2v) is 7.90. The molecule has 2 N–H and O–H groups in total. The Labute approximate surface area is 145 Å². The molecule has 0 radical (unpaired) electrons. The molecule has 132 valence electrons. The highest BCUT2D eigenvalue weighted by Gasteiger charge is 2.46. The largest absolute Gasteiger partial charge is 0.477 e. The number of nitrogens with zero attached hydrogens (tertiary/aromatic N) is 2. The number of hydrogen-bond donors (Lipinski definition) is 2. The van der Waals surface area contributed by atoms with Crippen molar-refractivity contribution in [2.75, 3.05) is 6.61 Å². The molecule has 2 heterocycles. The van der Waals surface area contributed by atoms with E-state index in [9.17, 15) is 13.2 Å². The number of rotatable bonds is 4. The van der Waals surface area contributed by atoms with E-state index in [1.54, 1.807) is 0 Å². The van der Waals surface area contributed by atoms with E-state index in [1.165, 1.54) is 10.9 Å². The summed E-state index contributed by atoms with van der Waals surface area (Å²) in [5, 5.41) is 6.79. The van der Waals surface area contributed by atoms with E-state index in [-0.39, 0.29) is 10.8 Å². The molecule has 1 aromatic heterocycles. The van der Waals surface area contributed by atoms with Crippen molar-refractivity contribution in [2.45, 2.75) is 36.2 Å². The first-order valence-electron chi connectivity index (χ1n) is 8.09. The quantitative estimate of drug-likeness (QED) is 0.855. The van der Waals surface area contributed by atoms with Crippen LogP contribution in [0, 0.1) is 0 Å². The van der Waals surface area contributed by atoms with E-state index in [2.05, 4.69) is 15.1 Å². The van der Waals surface area contributed by atoms with Crippen molar-refractivity contribution in [1.29, 1.82) is 0 Å². The van der Waals surface area contributed by atoms with Crippen LogP contribution in [0.25, 0.3) is 0 Å². The number of hydrogen-bond acceptors (Lipinski definition) is 5. The molecule has 0 spiro atoms. The molecule has 1 aliphatic carbocycles. The van der Waals surface area contributed by atoms with Crippen LogP contribution in [0.1, 0.15) is 24.8 Å². The fourth-order valence-electron chi connectivity index (χ4n) is 3.02. The van der Waals surface area contributed by atoms with E-state index >= 15 is 0 Å². The number of aryl methyl sites for hydroxylation is 1. The number of fused-ring (bicyclic) bond motifs is 1. The maximum absolute atomic E-state index is 12.5. The second kappa shape index (κ2) is 5.76. The lowest BCUT2D eigenvalue weighted by Gasteiger charge is -2.19. The van der Waals surface area contributed by atoms with Crippen LogP contribution in [-0.4, -0.2) is 30.8 Å². The van der Waals surface area contributed by atoms with Crippen LogP contribution in [0.15, 0.2) is 41.4 Å². The maximum atomic E-state index is 12.5. The van der Waals surface area contributed by atoms with Crippen molar-refractivity contribution < 1.29 is 17.9 Å².